The maximum absolute atomic E-state index is 13.1. The topological polar surface area (TPSA) is 105 Å². The predicted octanol–water partition coefficient (Wildman–Crippen LogP) is -1.36. The summed E-state index contributed by atoms with van der Waals surface area (Å²) in [5.74, 6) is -0.880. The van der Waals surface area contributed by atoms with Gasteiger partial charge in [0, 0.05) is 30.6 Å². The van der Waals surface area contributed by atoms with Gasteiger partial charge >= 0.3 is 0 Å². The van der Waals surface area contributed by atoms with E-state index >= 15 is 0 Å². The van der Waals surface area contributed by atoms with Gasteiger partial charge in [-0.2, -0.15) is 0 Å². The van der Waals surface area contributed by atoms with E-state index in [9.17, 15) is 19.2 Å². The van der Waals surface area contributed by atoms with Crippen LogP contribution < -0.4 is 21.0 Å². The van der Waals surface area contributed by atoms with Crippen molar-refractivity contribution in [2.45, 2.75) is 38.0 Å². The molecule has 3 aliphatic rings. The number of hydrogen-bond donors (Lipinski definition) is 1. The smallest absolute Gasteiger partial charge is 0.255 e. The molecule has 182 valence electrons. The van der Waals surface area contributed by atoms with Gasteiger partial charge in [0.05, 0.1) is 19.2 Å². The number of carbonyl (C=O) groups excluding carboxylic acids is 4. The highest BCUT2D eigenvalue weighted by Crippen LogP contribution is 2.35. The number of fused-ring (bicyclic) bond motifs is 1. The molecule has 3 aliphatic heterocycles. The summed E-state index contributed by atoms with van der Waals surface area (Å²) in [6.45, 7) is 1.42. The monoisotopic (exact) mass is 493 g/mol. The fraction of sp³-hybridized carbons (Fsp3) is 0.360. The second-order valence-electron chi connectivity index (χ2n) is 9.27. The van der Waals surface area contributed by atoms with E-state index in [2.05, 4.69) is 5.32 Å². The number of imide groups is 1. The number of morpholine rings is 1. The van der Waals surface area contributed by atoms with E-state index in [0.717, 1.165) is 0 Å². The number of benzene rings is 2. The number of nitrogens with zero attached hydrogens (tertiary/aromatic N) is 2. The average Bonchev–Trinajstić information content (AvgIpc) is 3.19. The summed E-state index contributed by atoms with van der Waals surface area (Å²) in [6.07, 6.45) is 0.430. The number of amides is 4. The molecule has 2 saturated heterocycles. The lowest BCUT2D eigenvalue weighted by Gasteiger charge is -2.29. The van der Waals surface area contributed by atoms with Crippen molar-refractivity contribution in [3.05, 3.63) is 52.6 Å². The van der Waals surface area contributed by atoms with Crippen molar-refractivity contribution in [3.63, 3.8) is 0 Å². The molecule has 5 rings (SSSR count). The third-order valence-corrected chi connectivity index (χ3v) is 6.89. The van der Waals surface area contributed by atoms with Gasteiger partial charge in [0.25, 0.3) is 5.91 Å². The Balaban J connectivity index is 1.33. The zero-order chi connectivity index (χ0) is 26.3. The Morgan fingerprint density at radius 1 is 1.14 bits per heavy atom. The third-order valence-electron chi connectivity index (χ3n) is 6.89. The van der Waals surface area contributed by atoms with Gasteiger partial charge in [-0.25, -0.2) is 0 Å². The molecule has 0 spiro atoms. The zero-order valence-corrected chi connectivity index (χ0v) is 20.1. The van der Waals surface area contributed by atoms with E-state index in [1.165, 1.54) is 4.90 Å². The molecule has 3 heterocycles. The molecule has 4 amide bonds. The number of ether oxygens (including phenoxy) is 2. The Kier molecular flexibility index (Phi) is 6.85. The minimum Gasteiger partial charge on any atom is -0.496 e. The highest BCUT2D eigenvalue weighted by atomic mass is 16.5. The largest absolute Gasteiger partial charge is 0.496 e. The van der Waals surface area contributed by atoms with Gasteiger partial charge in [0.2, 0.25) is 17.7 Å². The molecule has 1 N–H and O–H groups in total. The van der Waals surface area contributed by atoms with Crippen molar-refractivity contribution < 1.29 is 28.7 Å². The summed E-state index contributed by atoms with van der Waals surface area (Å²) < 4.78 is 11.2. The summed E-state index contributed by atoms with van der Waals surface area (Å²) in [5.41, 5.74) is 2.92. The molecule has 0 aliphatic carbocycles. The molecule has 2 unspecified atom stereocenters. The van der Waals surface area contributed by atoms with E-state index in [4.69, 9.17) is 33.0 Å². The molecule has 2 fully saturated rings. The lowest BCUT2D eigenvalue weighted by Crippen LogP contribution is -2.52. The molecular formula is C25H22B3N3O6. The van der Waals surface area contributed by atoms with Crippen LogP contribution in [0.15, 0.2) is 30.3 Å². The van der Waals surface area contributed by atoms with Crippen LogP contribution >= 0.6 is 0 Å². The fourth-order valence-corrected chi connectivity index (χ4v) is 4.87. The first-order chi connectivity index (χ1) is 17.7. The Morgan fingerprint density at radius 3 is 2.70 bits per heavy atom. The van der Waals surface area contributed by atoms with Gasteiger partial charge < -0.3 is 19.3 Å². The van der Waals surface area contributed by atoms with Crippen LogP contribution in [-0.2, 0) is 32.2 Å². The molecule has 0 bridgehead atoms. The number of nitrogens with one attached hydrogen (secondary N) is 1. The number of hydrogen-bond acceptors (Lipinski definition) is 6. The quantitative estimate of drug-likeness (QED) is 0.394. The van der Waals surface area contributed by atoms with E-state index in [0.29, 0.717) is 58.6 Å². The first-order valence-electron chi connectivity index (χ1n) is 11.9. The molecule has 9 nitrogen and oxygen atoms in total. The molecular weight excluding hydrogens is 471 g/mol. The van der Waals surface area contributed by atoms with Crippen LogP contribution in [0.5, 0.6) is 5.75 Å². The summed E-state index contributed by atoms with van der Waals surface area (Å²) >= 11 is 0. The lowest BCUT2D eigenvalue weighted by molar-refractivity contribution is -0.143. The van der Waals surface area contributed by atoms with Crippen molar-refractivity contribution in [2.24, 2.45) is 0 Å². The minimum atomic E-state index is -0.993. The molecule has 0 saturated carbocycles. The maximum Gasteiger partial charge on any atom is 0.255 e. The van der Waals surface area contributed by atoms with Crippen molar-refractivity contribution in [2.75, 3.05) is 19.8 Å². The van der Waals surface area contributed by atoms with Crippen molar-refractivity contribution in [1.29, 1.82) is 0 Å². The standard InChI is InChI=1S/C25H22B3N3O6/c26-17-9-15(18(27)8-13(17)10-30-6-7-36-12-22(30)33)23(28)37-20-3-1-2-14-16(20)11-31(25(14)35)19-4-5-21(32)29-24(19)34/h1-3,8-9,19,23H,4-7,10-12H2,(H,29,32,34). The highest BCUT2D eigenvalue weighted by molar-refractivity contribution is 6.37. The number of piperidine rings is 1. The maximum atomic E-state index is 13.1. The predicted molar refractivity (Wildman–Crippen MR) is 135 cm³/mol. The first-order valence-corrected chi connectivity index (χ1v) is 11.9. The SMILES string of the molecule is [B]c1cc(C([B])Oc2cccc3c2CN(C2CCC(=O)NC2=O)C3=O)c([B])cc1CN1CCOCC1=O. The minimum absolute atomic E-state index is 0.0387. The summed E-state index contributed by atoms with van der Waals surface area (Å²) in [6, 6.07) is 6.61. The van der Waals surface area contributed by atoms with Gasteiger partial charge in [0.15, 0.2) is 0 Å². The average molecular weight is 493 g/mol. The second-order valence-corrected chi connectivity index (χ2v) is 9.27. The van der Waals surface area contributed by atoms with Crippen LogP contribution in [-0.4, -0.2) is 82.8 Å². The normalized spacial score (nSPS) is 20.6. The Bertz CT molecular complexity index is 1300. The van der Waals surface area contributed by atoms with Crippen LogP contribution in [0, 0.1) is 0 Å². The molecule has 2 aromatic carbocycles. The number of rotatable bonds is 6. The molecule has 2 atom stereocenters. The molecule has 37 heavy (non-hydrogen) atoms. The van der Waals surface area contributed by atoms with Crippen LogP contribution in [0.1, 0.15) is 45.9 Å². The van der Waals surface area contributed by atoms with Crippen molar-refractivity contribution in [3.8, 4) is 5.75 Å². The first kappa shape index (κ1) is 25.1. The molecule has 2 aromatic rings. The highest BCUT2D eigenvalue weighted by Gasteiger charge is 2.40. The summed E-state index contributed by atoms with van der Waals surface area (Å²) in [7, 11) is 18.9. The second kappa shape index (κ2) is 10.1. The lowest BCUT2D eigenvalue weighted by atomic mass is 9.76. The van der Waals surface area contributed by atoms with E-state index in [1.807, 2.05) is 0 Å². The Labute approximate surface area is 218 Å². The Morgan fingerprint density at radius 2 is 1.95 bits per heavy atom. The van der Waals surface area contributed by atoms with Crippen LogP contribution in [0.3, 0.4) is 0 Å². The van der Waals surface area contributed by atoms with Crippen LogP contribution in [0.4, 0.5) is 0 Å². The van der Waals surface area contributed by atoms with Gasteiger partial charge in [-0.05, 0) is 29.7 Å². The fourth-order valence-electron chi connectivity index (χ4n) is 4.87. The summed E-state index contributed by atoms with van der Waals surface area (Å²) in [4.78, 5) is 52.1. The van der Waals surface area contributed by atoms with Gasteiger partial charge in [-0.1, -0.05) is 29.1 Å². The van der Waals surface area contributed by atoms with Crippen LogP contribution in [0.2, 0.25) is 0 Å². The van der Waals surface area contributed by atoms with Gasteiger partial charge in [-0.15, -0.1) is 0 Å². The summed E-state index contributed by atoms with van der Waals surface area (Å²) in [5, 5.41) is 2.29. The third kappa shape index (κ3) is 4.90. The van der Waals surface area contributed by atoms with Crippen molar-refractivity contribution in [1.82, 2.24) is 15.1 Å². The molecule has 6 radical (unpaired) electrons. The Hall–Kier alpha value is -3.53. The van der Waals surface area contributed by atoms with E-state index < -0.39 is 18.0 Å². The zero-order valence-electron chi connectivity index (χ0n) is 20.1. The van der Waals surface area contributed by atoms with E-state index in [-0.39, 0.29) is 43.7 Å². The molecule has 0 aromatic heterocycles. The van der Waals surface area contributed by atoms with Crippen molar-refractivity contribution >= 4 is 58.1 Å². The van der Waals surface area contributed by atoms with E-state index in [1.54, 1.807) is 35.2 Å². The van der Waals surface area contributed by atoms with Gasteiger partial charge in [-0.3, -0.25) is 24.5 Å². The van der Waals surface area contributed by atoms with Crippen LogP contribution in [0.25, 0.3) is 0 Å². The van der Waals surface area contributed by atoms with Gasteiger partial charge in [0.1, 0.15) is 41.9 Å². The molecule has 12 heteroatoms. The number of carbonyl (C=O) groups is 4.